The van der Waals surface area contributed by atoms with Gasteiger partial charge in [-0.25, -0.2) is 0 Å². The van der Waals surface area contributed by atoms with Crippen molar-refractivity contribution in [3.8, 4) is 0 Å². The molecule has 0 bridgehead atoms. The fourth-order valence-electron chi connectivity index (χ4n) is 3.52. The van der Waals surface area contributed by atoms with Gasteiger partial charge in [0.1, 0.15) is 5.78 Å². The molecule has 0 aliphatic carbocycles. The first-order chi connectivity index (χ1) is 10.7. The lowest BCUT2D eigenvalue weighted by Gasteiger charge is -2.39. The van der Waals surface area contributed by atoms with Crippen LogP contribution in [0.5, 0.6) is 0 Å². The van der Waals surface area contributed by atoms with Crippen LogP contribution >= 0.6 is 0 Å². The van der Waals surface area contributed by atoms with Crippen LogP contribution in [-0.4, -0.2) is 5.78 Å². The van der Waals surface area contributed by atoms with Crippen LogP contribution in [0.4, 0.5) is 0 Å². The Bertz CT molecular complexity index is 621. The van der Waals surface area contributed by atoms with Gasteiger partial charge in [0.25, 0.3) is 0 Å². The molecule has 22 heavy (non-hydrogen) atoms. The van der Waals surface area contributed by atoms with Gasteiger partial charge in [-0.3, -0.25) is 4.79 Å². The molecule has 0 aromatic heterocycles. The monoisotopic (exact) mass is 293 g/mol. The van der Waals surface area contributed by atoms with Gasteiger partial charge in [0.2, 0.25) is 0 Å². The molecule has 2 heteroatoms. The van der Waals surface area contributed by atoms with Crippen molar-refractivity contribution in [1.29, 1.82) is 0 Å². The van der Waals surface area contributed by atoms with Crippen LogP contribution in [0.15, 0.2) is 60.7 Å². The van der Waals surface area contributed by atoms with E-state index in [1.165, 1.54) is 11.1 Å². The summed E-state index contributed by atoms with van der Waals surface area (Å²) in [4.78, 5) is 12.8. The Morgan fingerprint density at radius 1 is 0.909 bits per heavy atom. The normalized spacial score (nSPS) is 25.4. The lowest BCUT2D eigenvalue weighted by atomic mass is 9.75. The Hall–Kier alpha value is -1.93. The summed E-state index contributed by atoms with van der Waals surface area (Å²) in [5, 5.41) is 3.73. The molecule has 0 saturated carbocycles. The van der Waals surface area contributed by atoms with Gasteiger partial charge >= 0.3 is 0 Å². The van der Waals surface area contributed by atoms with Gasteiger partial charge in [-0.15, -0.1) is 0 Å². The Balaban J connectivity index is 1.94. The van der Waals surface area contributed by atoms with Gasteiger partial charge in [-0.1, -0.05) is 74.5 Å². The maximum Gasteiger partial charge on any atom is 0.140 e. The van der Waals surface area contributed by atoms with Gasteiger partial charge in [0.15, 0.2) is 0 Å². The number of ketones is 1. The number of rotatable bonds is 3. The molecule has 3 atom stereocenters. The summed E-state index contributed by atoms with van der Waals surface area (Å²) in [7, 11) is 0. The third-order valence-electron chi connectivity index (χ3n) is 4.60. The van der Waals surface area contributed by atoms with Crippen LogP contribution in [0.1, 0.15) is 43.5 Å². The molecule has 0 amide bonds. The smallest absolute Gasteiger partial charge is 0.140 e. The minimum atomic E-state index is 0.0439. The van der Waals surface area contributed by atoms with E-state index in [4.69, 9.17) is 0 Å². The molecule has 0 spiro atoms. The summed E-state index contributed by atoms with van der Waals surface area (Å²) < 4.78 is 0. The summed E-state index contributed by atoms with van der Waals surface area (Å²) in [6.07, 6.45) is 0.580. The second-order valence-electron chi connectivity index (χ2n) is 6.46. The SMILES string of the molecule is CC(C)[C@@H]1C(=O)C[C@H](c2ccccc2)N[C@H]1c1ccccc1. The van der Waals surface area contributed by atoms with E-state index >= 15 is 0 Å². The number of benzene rings is 2. The van der Waals surface area contributed by atoms with E-state index in [1.807, 2.05) is 36.4 Å². The van der Waals surface area contributed by atoms with Gasteiger partial charge in [0, 0.05) is 24.4 Å². The van der Waals surface area contributed by atoms with Gasteiger partial charge in [-0.2, -0.15) is 0 Å². The average Bonchev–Trinajstić information content (AvgIpc) is 2.55. The van der Waals surface area contributed by atoms with Gasteiger partial charge < -0.3 is 5.32 Å². The number of hydrogen-bond acceptors (Lipinski definition) is 2. The highest BCUT2D eigenvalue weighted by Gasteiger charge is 2.38. The minimum Gasteiger partial charge on any atom is -0.302 e. The minimum absolute atomic E-state index is 0.0439. The predicted octanol–water partition coefficient (Wildman–Crippen LogP) is 4.30. The summed E-state index contributed by atoms with van der Waals surface area (Å²) in [6, 6.07) is 20.8. The fourth-order valence-corrected chi connectivity index (χ4v) is 3.52. The first kappa shape index (κ1) is 15.0. The van der Waals surface area contributed by atoms with Gasteiger partial charge in [0.05, 0.1) is 0 Å². The molecule has 1 aliphatic rings. The molecule has 2 aromatic carbocycles. The maximum absolute atomic E-state index is 12.8. The van der Waals surface area contributed by atoms with Crippen molar-refractivity contribution in [3.63, 3.8) is 0 Å². The second-order valence-corrected chi connectivity index (χ2v) is 6.46. The summed E-state index contributed by atoms with van der Waals surface area (Å²) in [5.41, 5.74) is 2.40. The summed E-state index contributed by atoms with van der Waals surface area (Å²) in [5.74, 6) is 0.751. The van der Waals surface area contributed by atoms with Crippen LogP contribution in [0, 0.1) is 11.8 Å². The first-order valence-corrected chi connectivity index (χ1v) is 8.05. The van der Waals surface area contributed by atoms with E-state index in [2.05, 4.69) is 43.4 Å². The van der Waals surface area contributed by atoms with Crippen LogP contribution in [0.25, 0.3) is 0 Å². The highest BCUT2D eigenvalue weighted by molar-refractivity contribution is 5.84. The van der Waals surface area contributed by atoms with Crippen LogP contribution < -0.4 is 5.32 Å². The number of Topliss-reactive ketones (excluding diaryl/α,β-unsaturated/α-hetero) is 1. The molecule has 0 radical (unpaired) electrons. The highest BCUT2D eigenvalue weighted by Crippen LogP contribution is 2.38. The Morgan fingerprint density at radius 3 is 2.00 bits per heavy atom. The molecule has 1 heterocycles. The van der Waals surface area contributed by atoms with E-state index in [0.717, 1.165) is 0 Å². The van der Waals surface area contributed by atoms with Crippen molar-refractivity contribution in [2.75, 3.05) is 0 Å². The molecule has 3 rings (SSSR count). The van der Waals surface area contributed by atoms with E-state index in [9.17, 15) is 4.79 Å². The van der Waals surface area contributed by atoms with E-state index < -0.39 is 0 Å². The summed E-state index contributed by atoms with van der Waals surface area (Å²) in [6.45, 7) is 4.28. The Kier molecular flexibility index (Phi) is 4.39. The van der Waals surface area contributed by atoms with E-state index in [1.54, 1.807) is 0 Å². The third-order valence-corrected chi connectivity index (χ3v) is 4.60. The van der Waals surface area contributed by atoms with Crippen molar-refractivity contribution in [2.45, 2.75) is 32.4 Å². The number of hydrogen-bond donors (Lipinski definition) is 1. The Labute approximate surface area is 132 Å². The lowest BCUT2D eigenvalue weighted by Crippen LogP contribution is -2.44. The molecule has 1 aliphatic heterocycles. The van der Waals surface area contributed by atoms with Crippen LogP contribution in [0.2, 0.25) is 0 Å². The average molecular weight is 293 g/mol. The van der Waals surface area contributed by atoms with Crippen LogP contribution in [0.3, 0.4) is 0 Å². The number of piperidine rings is 1. The Morgan fingerprint density at radius 2 is 1.45 bits per heavy atom. The molecule has 0 unspecified atom stereocenters. The molecule has 2 nitrogen and oxygen atoms in total. The number of nitrogens with one attached hydrogen (secondary N) is 1. The number of carbonyl (C=O) groups is 1. The molecule has 1 fully saturated rings. The maximum atomic E-state index is 12.8. The zero-order valence-electron chi connectivity index (χ0n) is 13.2. The number of carbonyl (C=O) groups excluding carboxylic acids is 1. The predicted molar refractivity (Wildman–Crippen MR) is 89.5 cm³/mol. The highest BCUT2D eigenvalue weighted by atomic mass is 16.1. The molecular weight excluding hydrogens is 270 g/mol. The van der Waals surface area contributed by atoms with Crippen LogP contribution in [-0.2, 0) is 4.79 Å². The summed E-state index contributed by atoms with van der Waals surface area (Å²) >= 11 is 0. The van der Waals surface area contributed by atoms with Crippen molar-refractivity contribution in [3.05, 3.63) is 71.8 Å². The van der Waals surface area contributed by atoms with E-state index in [-0.39, 0.29) is 18.0 Å². The quantitative estimate of drug-likeness (QED) is 0.914. The molecule has 1 N–H and O–H groups in total. The standard InChI is InChI=1S/C20H23NO/c1-14(2)19-18(22)13-17(15-9-5-3-6-10-15)21-20(19)16-11-7-4-8-12-16/h3-12,14,17,19-21H,13H2,1-2H3/t17-,19-,20+/m1/s1. The molecule has 2 aromatic rings. The first-order valence-electron chi connectivity index (χ1n) is 8.05. The zero-order valence-corrected chi connectivity index (χ0v) is 13.2. The van der Waals surface area contributed by atoms with E-state index in [0.29, 0.717) is 18.1 Å². The molecular formula is C20H23NO. The zero-order chi connectivity index (χ0) is 15.5. The molecule has 1 saturated heterocycles. The fraction of sp³-hybridized carbons (Fsp3) is 0.350. The van der Waals surface area contributed by atoms with Crippen molar-refractivity contribution in [2.24, 2.45) is 11.8 Å². The van der Waals surface area contributed by atoms with Crippen molar-refractivity contribution >= 4 is 5.78 Å². The largest absolute Gasteiger partial charge is 0.302 e. The van der Waals surface area contributed by atoms with Gasteiger partial charge in [-0.05, 0) is 17.0 Å². The lowest BCUT2D eigenvalue weighted by molar-refractivity contribution is -0.128. The third kappa shape index (κ3) is 2.97. The molecule has 114 valence electrons. The topological polar surface area (TPSA) is 29.1 Å². The van der Waals surface area contributed by atoms with Crippen molar-refractivity contribution < 1.29 is 4.79 Å². The second kappa shape index (κ2) is 6.45. The van der Waals surface area contributed by atoms with Crippen molar-refractivity contribution in [1.82, 2.24) is 5.32 Å².